The molecule has 2 rings (SSSR count). The molecule has 16 heavy (non-hydrogen) atoms. The van der Waals surface area contributed by atoms with Gasteiger partial charge in [0.25, 0.3) is 0 Å². The third kappa shape index (κ3) is 2.32. The Morgan fingerprint density at radius 2 is 2.31 bits per heavy atom. The Bertz CT molecular complexity index is 374. The molecule has 0 aromatic carbocycles. The van der Waals surface area contributed by atoms with Crippen molar-refractivity contribution >= 4 is 5.97 Å². The maximum Gasteiger partial charge on any atom is 0.310 e. The first kappa shape index (κ1) is 10.9. The topological polar surface area (TPSA) is 59.4 Å². The standard InChI is InChI=1S/C12H15NO3/c1-8-5-6-9(7-13-8)16-11-4-2-3-10(11)12(14)15/h5-7,10-11H,2-4H2,1H3,(H,14,15). The number of aliphatic carboxylic acids is 1. The number of nitrogens with zero attached hydrogens (tertiary/aromatic N) is 1. The van der Waals surface area contributed by atoms with E-state index < -0.39 is 5.97 Å². The number of carboxylic acids is 1. The number of aryl methyl sites for hydroxylation is 1. The fourth-order valence-electron chi connectivity index (χ4n) is 2.05. The van der Waals surface area contributed by atoms with Crippen molar-refractivity contribution in [2.45, 2.75) is 32.3 Å². The Kier molecular flexibility index (Phi) is 3.08. The van der Waals surface area contributed by atoms with Gasteiger partial charge in [-0.1, -0.05) is 0 Å². The van der Waals surface area contributed by atoms with Crippen molar-refractivity contribution < 1.29 is 14.6 Å². The van der Waals surface area contributed by atoms with Crippen molar-refractivity contribution in [1.29, 1.82) is 0 Å². The van der Waals surface area contributed by atoms with Gasteiger partial charge in [-0.2, -0.15) is 0 Å². The summed E-state index contributed by atoms with van der Waals surface area (Å²) in [6, 6.07) is 3.69. The lowest BCUT2D eigenvalue weighted by Crippen LogP contribution is -2.27. The third-order valence-electron chi connectivity index (χ3n) is 2.94. The number of hydrogen-bond acceptors (Lipinski definition) is 3. The summed E-state index contributed by atoms with van der Waals surface area (Å²) in [5.41, 5.74) is 0.925. The largest absolute Gasteiger partial charge is 0.488 e. The van der Waals surface area contributed by atoms with Gasteiger partial charge in [0.15, 0.2) is 0 Å². The van der Waals surface area contributed by atoms with Gasteiger partial charge in [-0.25, -0.2) is 0 Å². The van der Waals surface area contributed by atoms with Gasteiger partial charge in [-0.05, 0) is 38.3 Å². The molecule has 4 heteroatoms. The van der Waals surface area contributed by atoms with Crippen LogP contribution in [0.4, 0.5) is 0 Å². The number of pyridine rings is 1. The highest BCUT2D eigenvalue weighted by Gasteiger charge is 2.34. The molecule has 2 atom stereocenters. The van der Waals surface area contributed by atoms with Gasteiger partial charge in [0.1, 0.15) is 11.9 Å². The number of carbonyl (C=O) groups is 1. The second kappa shape index (κ2) is 4.51. The molecule has 1 fully saturated rings. The van der Waals surface area contributed by atoms with Crippen LogP contribution in [0, 0.1) is 12.8 Å². The monoisotopic (exact) mass is 221 g/mol. The Balaban J connectivity index is 2.03. The van der Waals surface area contributed by atoms with Gasteiger partial charge in [0.2, 0.25) is 0 Å². The zero-order chi connectivity index (χ0) is 11.5. The molecule has 1 aliphatic rings. The Morgan fingerprint density at radius 3 is 2.94 bits per heavy atom. The number of rotatable bonds is 3. The average molecular weight is 221 g/mol. The maximum absolute atomic E-state index is 11.0. The Morgan fingerprint density at radius 1 is 1.50 bits per heavy atom. The maximum atomic E-state index is 11.0. The summed E-state index contributed by atoms with van der Waals surface area (Å²) in [5.74, 6) is -0.479. The van der Waals surface area contributed by atoms with Gasteiger partial charge in [-0.3, -0.25) is 9.78 Å². The van der Waals surface area contributed by atoms with Crippen LogP contribution >= 0.6 is 0 Å². The molecule has 0 spiro atoms. The van der Waals surface area contributed by atoms with Gasteiger partial charge < -0.3 is 9.84 Å². The summed E-state index contributed by atoms with van der Waals surface area (Å²) in [5, 5.41) is 9.01. The number of ether oxygens (including phenoxy) is 1. The summed E-state index contributed by atoms with van der Waals surface area (Å²) in [4.78, 5) is 15.1. The van der Waals surface area contributed by atoms with E-state index in [9.17, 15) is 4.79 Å². The van der Waals surface area contributed by atoms with E-state index in [-0.39, 0.29) is 12.0 Å². The van der Waals surface area contributed by atoms with Crippen molar-refractivity contribution in [2.24, 2.45) is 5.92 Å². The van der Waals surface area contributed by atoms with E-state index in [1.807, 2.05) is 19.1 Å². The molecular formula is C12H15NO3. The first-order valence-corrected chi connectivity index (χ1v) is 5.49. The van der Waals surface area contributed by atoms with Gasteiger partial charge in [0.05, 0.1) is 12.1 Å². The summed E-state index contributed by atoms with van der Waals surface area (Å²) in [6.07, 6.45) is 3.87. The summed E-state index contributed by atoms with van der Waals surface area (Å²) in [6.45, 7) is 1.90. The average Bonchev–Trinajstić information content (AvgIpc) is 2.69. The molecule has 0 radical (unpaired) electrons. The molecule has 1 N–H and O–H groups in total. The van der Waals surface area contributed by atoms with E-state index in [0.29, 0.717) is 12.2 Å². The first-order chi connectivity index (χ1) is 7.66. The van der Waals surface area contributed by atoms with E-state index in [0.717, 1.165) is 18.5 Å². The molecule has 2 unspecified atom stereocenters. The minimum atomic E-state index is -0.762. The second-order valence-corrected chi connectivity index (χ2v) is 4.17. The van der Waals surface area contributed by atoms with Crippen molar-refractivity contribution in [3.63, 3.8) is 0 Å². The van der Waals surface area contributed by atoms with Gasteiger partial charge in [0, 0.05) is 5.69 Å². The van der Waals surface area contributed by atoms with E-state index in [4.69, 9.17) is 9.84 Å². The normalized spacial score (nSPS) is 24.3. The molecule has 1 aromatic heterocycles. The summed E-state index contributed by atoms with van der Waals surface area (Å²) < 4.78 is 5.66. The fourth-order valence-corrected chi connectivity index (χ4v) is 2.05. The van der Waals surface area contributed by atoms with Crippen LogP contribution in [0.1, 0.15) is 25.0 Å². The number of carboxylic acid groups (broad SMARTS) is 1. The van der Waals surface area contributed by atoms with Crippen molar-refractivity contribution in [2.75, 3.05) is 0 Å². The Hall–Kier alpha value is -1.58. The molecule has 0 bridgehead atoms. The predicted octanol–water partition coefficient (Wildman–Crippen LogP) is 2.02. The van der Waals surface area contributed by atoms with Crippen LogP contribution < -0.4 is 4.74 Å². The van der Waals surface area contributed by atoms with E-state index in [1.165, 1.54) is 0 Å². The second-order valence-electron chi connectivity index (χ2n) is 4.17. The lowest BCUT2D eigenvalue weighted by molar-refractivity contribution is -0.144. The molecule has 0 amide bonds. The zero-order valence-corrected chi connectivity index (χ0v) is 9.22. The van der Waals surface area contributed by atoms with Crippen LogP contribution in [0.25, 0.3) is 0 Å². The molecule has 1 aromatic rings. The van der Waals surface area contributed by atoms with Crippen LogP contribution in [0.15, 0.2) is 18.3 Å². The molecule has 86 valence electrons. The fraction of sp³-hybridized carbons (Fsp3) is 0.500. The summed E-state index contributed by atoms with van der Waals surface area (Å²) in [7, 11) is 0. The third-order valence-corrected chi connectivity index (χ3v) is 2.94. The number of hydrogen-bond donors (Lipinski definition) is 1. The molecule has 1 heterocycles. The van der Waals surface area contributed by atoms with Crippen LogP contribution in [0.3, 0.4) is 0 Å². The van der Waals surface area contributed by atoms with Gasteiger partial charge in [-0.15, -0.1) is 0 Å². The molecule has 1 saturated carbocycles. The SMILES string of the molecule is Cc1ccc(OC2CCCC2C(=O)O)cn1. The van der Waals surface area contributed by atoms with E-state index >= 15 is 0 Å². The Labute approximate surface area is 94.3 Å². The minimum absolute atomic E-state index is 0.206. The molecule has 0 saturated heterocycles. The van der Waals surface area contributed by atoms with Crippen molar-refractivity contribution in [1.82, 2.24) is 4.98 Å². The molecule has 0 aliphatic heterocycles. The molecular weight excluding hydrogens is 206 g/mol. The van der Waals surface area contributed by atoms with Gasteiger partial charge >= 0.3 is 5.97 Å². The van der Waals surface area contributed by atoms with Crippen LogP contribution in [0.5, 0.6) is 5.75 Å². The van der Waals surface area contributed by atoms with E-state index in [1.54, 1.807) is 6.20 Å². The van der Waals surface area contributed by atoms with Crippen molar-refractivity contribution in [3.8, 4) is 5.75 Å². The predicted molar refractivity (Wildman–Crippen MR) is 58.4 cm³/mol. The lowest BCUT2D eigenvalue weighted by Gasteiger charge is -2.17. The minimum Gasteiger partial charge on any atom is -0.488 e. The van der Waals surface area contributed by atoms with Crippen LogP contribution in [-0.2, 0) is 4.79 Å². The zero-order valence-electron chi connectivity index (χ0n) is 9.22. The summed E-state index contributed by atoms with van der Waals surface area (Å²) >= 11 is 0. The molecule has 1 aliphatic carbocycles. The van der Waals surface area contributed by atoms with Crippen LogP contribution in [-0.4, -0.2) is 22.2 Å². The highest BCUT2D eigenvalue weighted by Crippen LogP contribution is 2.29. The number of aromatic nitrogens is 1. The highest BCUT2D eigenvalue weighted by molar-refractivity contribution is 5.71. The quantitative estimate of drug-likeness (QED) is 0.848. The lowest BCUT2D eigenvalue weighted by atomic mass is 10.1. The van der Waals surface area contributed by atoms with Crippen molar-refractivity contribution in [3.05, 3.63) is 24.0 Å². The highest BCUT2D eigenvalue weighted by atomic mass is 16.5. The van der Waals surface area contributed by atoms with Crippen LogP contribution in [0.2, 0.25) is 0 Å². The first-order valence-electron chi connectivity index (χ1n) is 5.49. The smallest absolute Gasteiger partial charge is 0.310 e. The molecule has 4 nitrogen and oxygen atoms in total. The van der Waals surface area contributed by atoms with E-state index in [2.05, 4.69) is 4.98 Å².